The average molecular weight is 453 g/mol. The number of carbonyl (C=O) groups is 2. The molecule has 0 fully saturated rings. The Kier molecular flexibility index (Phi) is 8.87. The topological polar surface area (TPSA) is 49.4 Å². The number of halogens is 2. The maximum absolute atomic E-state index is 13.1. The lowest BCUT2D eigenvalue weighted by molar-refractivity contribution is -0.138. The third kappa shape index (κ3) is 6.95. The molecule has 2 amide bonds. The van der Waals surface area contributed by atoms with E-state index in [1.165, 1.54) is 16.7 Å². The van der Waals surface area contributed by atoms with Gasteiger partial charge in [-0.3, -0.25) is 9.59 Å². The molecule has 2 aromatic carbocycles. The molecule has 0 bridgehead atoms. The van der Waals surface area contributed by atoms with Gasteiger partial charge in [-0.2, -0.15) is 0 Å². The lowest BCUT2D eigenvalue weighted by Gasteiger charge is -2.30. The van der Waals surface area contributed by atoms with Crippen LogP contribution in [0.3, 0.4) is 0 Å². The Morgan fingerprint density at radius 1 is 1.03 bits per heavy atom. The van der Waals surface area contributed by atoms with Crippen LogP contribution in [0.2, 0.25) is 10.0 Å². The quantitative estimate of drug-likeness (QED) is 0.550. The Hall–Kier alpha value is -1.69. The molecule has 1 atom stereocenters. The summed E-state index contributed by atoms with van der Waals surface area (Å²) >= 11 is 14.1. The van der Waals surface area contributed by atoms with Crippen molar-refractivity contribution in [1.29, 1.82) is 0 Å². The summed E-state index contributed by atoms with van der Waals surface area (Å²) in [6, 6.07) is 12.5. The number of amides is 2. The third-order valence-corrected chi connectivity index (χ3v) is 6.08. The van der Waals surface area contributed by atoms with Crippen molar-refractivity contribution in [3.8, 4) is 0 Å². The zero-order valence-corrected chi connectivity index (χ0v) is 19.4. The van der Waals surface area contributed by atoms with Crippen LogP contribution in [0.5, 0.6) is 0 Å². The Balaban J connectivity index is 2.21. The largest absolute Gasteiger partial charge is 0.352 e. The molecule has 0 spiro atoms. The minimum atomic E-state index is -0.657. The average Bonchev–Trinajstić information content (AvgIpc) is 2.66. The fourth-order valence-corrected chi connectivity index (χ4v) is 4.01. The van der Waals surface area contributed by atoms with Crippen LogP contribution in [0.25, 0.3) is 0 Å². The lowest BCUT2D eigenvalue weighted by atomic mass is 10.1. The van der Waals surface area contributed by atoms with Gasteiger partial charge >= 0.3 is 0 Å². The van der Waals surface area contributed by atoms with E-state index in [0.29, 0.717) is 15.6 Å². The van der Waals surface area contributed by atoms with Crippen molar-refractivity contribution in [3.63, 3.8) is 0 Å². The zero-order valence-electron chi connectivity index (χ0n) is 17.0. The summed E-state index contributed by atoms with van der Waals surface area (Å²) < 4.78 is 0. The maximum Gasteiger partial charge on any atom is 0.242 e. The number of carbonyl (C=O) groups excluding carboxylic acids is 2. The molecule has 0 saturated carbocycles. The molecule has 0 radical (unpaired) electrons. The van der Waals surface area contributed by atoms with Crippen LogP contribution in [0.4, 0.5) is 0 Å². The highest BCUT2D eigenvalue weighted by Gasteiger charge is 2.27. The molecule has 0 aliphatic heterocycles. The normalized spacial score (nSPS) is 12.0. The fraction of sp³-hybridized carbons (Fsp3) is 0.364. The highest BCUT2D eigenvalue weighted by molar-refractivity contribution is 8.00. The monoisotopic (exact) mass is 452 g/mol. The number of hydrogen-bond acceptors (Lipinski definition) is 3. The van der Waals surface area contributed by atoms with Gasteiger partial charge in [0.1, 0.15) is 6.04 Å². The van der Waals surface area contributed by atoms with Crippen LogP contribution in [0, 0.1) is 6.92 Å². The van der Waals surface area contributed by atoms with Crippen molar-refractivity contribution in [2.45, 2.75) is 51.2 Å². The molecule has 29 heavy (non-hydrogen) atoms. The highest BCUT2D eigenvalue weighted by atomic mass is 35.5. The van der Waals surface area contributed by atoms with Crippen LogP contribution in [-0.4, -0.2) is 34.6 Å². The first-order valence-electron chi connectivity index (χ1n) is 9.41. The van der Waals surface area contributed by atoms with Crippen LogP contribution in [0.1, 0.15) is 31.9 Å². The number of nitrogens with zero attached hydrogens (tertiary/aromatic N) is 1. The van der Waals surface area contributed by atoms with Crippen molar-refractivity contribution >= 4 is 46.8 Å². The first-order valence-corrected chi connectivity index (χ1v) is 11.2. The molecular weight excluding hydrogens is 427 g/mol. The molecule has 2 aromatic rings. The molecule has 1 unspecified atom stereocenters. The SMILES string of the molecule is Cc1ccc(SCC(=O)N(Cc2c(Cl)cccc2Cl)C(C)C(=O)NC(C)C)cc1. The Bertz CT molecular complexity index is 836. The molecule has 0 aliphatic carbocycles. The summed E-state index contributed by atoms with van der Waals surface area (Å²) in [5, 5.41) is 3.81. The van der Waals surface area contributed by atoms with Gasteiger partial charge in [0, 0.05) is 33.1 Å². The van der Waals surface area contributed by atoms with Gasteiger partial charge in [-0.15, -0.1) is 11.8 Å². The highest BCUT2D eigenvalue weighted by Crippen LogP contribution is 2.27. The van der Waals surface area contributed by atoms with Crippen LogP contribution < -0.4 is 5.32 Å². The number of benzene rings is 2. The second kappa shape index (κ2) is 10.9. The van der Waals surface area contributed by atoms with Crippen molar-refractivity contribution in [3.05, 3.63) is 63.6 Å². The first-order chi connectivity index (χ1) is 13.7. The molecule has 2 rings (SSSR count). The van der Waals surface area contributed by atoms with E-state index in [1.54, 1.807) is 25.1 Å². The predicted octanol–water partition coefficient (Wildman–Crippen LogP) is 5.34. The second-order valence-electron chi connectivity index (χ2n) is 7.16. The van der Waals surface area contributed by atoms with Crippen LogP contribution in [0.15, 0.2) is 47.4 Å². The molecular formula is C22H26Cl2N2O2S. The van der Waals surface area contributed by atoms with Crippen molar-refractivity contribution < 1.29 is 9.59 Å². The van der Waals surface area contributed by atoms with Gasteiger partial charge in [-0.05, 0) is 52.0 Å². The van der Waals surface area contributed by atoms with E-state index >= 15 is 0 Å². The standard InChI is InChI=1S/C22H26Cl2N2O2S/c1-14(2)25-22(28)16(4)26(12-18-19(23)6-5-7-20(18)24)21(27)13-29-17-10-8-15(3)9-11-17/h5-11,14,16H,12-13H2,1-4H3,(H,25,28). The van der Waals surface area contributed by atoms with Gasteiger partial charge < -0.3 is 10.2 Å². The number of nitrogens with one attached hydrogen (secondary N) is 1. The van der Waals surface area contributed by atoms with E-state index in [-0.39, 0.29) is 30.2 Å². The van der Waals surface area contributed by atoms with E-state index in [4.69, 9.17) is 23.2 Å². The van der Waals surface area contributed by atoms with Gasteiger partial charge in [0.25, 0.3) is 0 Å². The number of thioether (sulfide) groups is 1. The lowest BCUT2D eigenvalue weighted by Crippen LogP contribution is -2.49. The fourth-order valence-electron chi connectivity index (χ4n) is 2.70. The summed E-state index contributed by atoms with van der Waals surface area (Å²) in [7, 11) is 0. The molecule has 4 nitrogen and oxygen atoms in total. The summed E-state index contributed by atoms with van der Waals surface area (Å²) in [6.45, 7) is 7.67. The molecule has 1 N–H and O–H groups in total. The Morgan fingerprint density at radius 2 is 1.62 bits per heavy atom. The number of rotatable bonds is 8. The number of hydrogen-bond donors (Lipinski definition) is 1. The smallest absolute Gasteiger partial charge is 0.242 e. The van der Waals surface area contributed by atoms with Gasteiger partial charge in [-0.1, -0.05) is 47.0 Å². The molecule has 0 saturated heterocycles. The third-order valence-electron chi connectivity index (χ3n) is 4.37. The van der Waals surface area contributed by atoms with E-state index in [0.717, 1.165) is 10.5 Å². The molecule has 7 heteroatoms. The molecule has 0 heterocycles. The first kappa shape index (κ1) is 23.6. The maximum atomic E-state index is 13.1. The van der Waals surface area contributed by atoms with Crippen molar-refractivity contribution in [1.82, 2.24) is 10.2 Å². The second-order valence-corrected chi connectivity index (χ2v) is 9.03. The van der Waals surface area contributed by atoms with Crippen LogP contribution >= 0.6 is 35.0 Å². The van der Waals surface area contributed by atoms with E-state index < -0.39 is 6.04 Å². The van der Waals surface area contributed by atoms with Crippen LogP contribution in [-0.2, 0) is 16.1 Å². The van der Waals surface area contributed by atoms with Gasteiger partial charge in [-0.25, -0.2) is 0 Å². The molecule has 156 valence electrons. The molecule has 0 aliphatic rings. The predicted molar refractivity (Wildman–Crippen MR) is 122 cm³/mol. The van der Waals surface area contributed by atoms with E-state index in [9.17, 15) is 9.59 Å². The van der Waals surface area contributed by atoms with Crippen molar-refractivity contribution in [2.24, 2.45) is 0 Å². The van der Waals surface area contributed by atoms with E-state index in [2.05, 4.69) is 5.32 Å². The summed E-state index contributed by atoms with van der Waals surface area (Å²) in [5.74, 6) is -0.153. The molecule has 0 aromatic heterocycles. The minimum absolute atomic E-state index is 0.0206. The van der Waals surface area contributed by atoms with Gasteiger partial charge in [0.2, 0.25) is 11.8 Å². The summed E-state index contributed by atoms with van der Waals surface area (Å²) in [6.07, 6.45) is 0. The Labute approximate surface area is 187 Å². The zero-order chi connectivity index (χ0) is 21.6. The van der Waals surface area contributed by atoms with Gasteiger partial charge in [0.15, 0.2) is 0 Å². The number of aryl methyl sites for hydroxylation is 1. The summed E-state index contributed by atoms with van der Waals surface area (Å²) in [4.78, 5) is 28.2. The Morgan fingerprint density at radius 3 is 2.17 bits per heavy atom. The minimum Gasteiger partial charge on any atom is -0.352 e. The van der Waals surface area contributed by atoms with Crippen molar-refractivity contribution in [2.75, 3.05) is 5.75 Å². The summed E-state index contributed by atoms with van der Waals surface area (Å²) in [5.41, 5.74) is 1.79. The van der Waals surface area contributed by atoms with E-state index in [1.807, 2.05) is 45.0 Å². The van der Waals surface area contributed by atoms with Gasteiger partial charge in [0.05, 0.1) is 5.75 Å².